The van der Waals surface area contributed by atoms with Crippen LogP contribution in [0.15, 0.2) is 47.4 Å². The number of benzene rings is 2. The van der Waals surface area contributed by atoms with E-state index in [2.05, 4.69) is 5.32 Å². The Morgan fingerprint density at radius 2 is 1.69 bits per heavy atom. The van der Waals surface area contributed by atoms with E-state index in [1.165, 1.54) is 39.5 Å². The summed E-state index contributed by atoms with van der Waals surface area (Å²) in [6.45, 7) is -0.0211. The fourth-order valence-corrected chi connectivity index (χ4v) is 3.46. The largest absolute Gasteiger partial charge is 0.497 e. The third-order valence-electron chi connectivity index (χ3n) is 3.70. The Morgan fingerprint density at radius 1 is 0.962 bits per heavy atom. The van der Waals surface area contributed by atoms with Crippen LogP contribution in [0.4, 0.5) is 0 Å². The van der Waals surface area contributed by atoms with E-state index in [0.29, 0.717) is 22.8 Å². The first-order valence-corrected chi connectivity index (χ1v) is 9.43. The summed E-state index contributed by atoms with van der Waals surface area (Å²) in [5.41, 5.74) is 0.396. The maximum atomic E-state index is 12.5. The first-order valence-electron chi connectivity index (χ1n) is 7.78. The molecule has 2 aromatic carbocycles. The van der Waals surface area contributed by atoms with Crippen molar-refractivity contribution < 1.29 is 27.4 Å². The van der Waals surface area contributed by atoms with Crippen LogP contribution in [-0.2, 0) is 9.84 Å². The molecule has 0 spiro atoms. The van der Waals surface area contributed by atoms with Crippen molar-refractivity contribution in [3.63, 3.8) is 0 Å². The summed E-state index contributed by atoms with van der Waals surface area (Å²) in [6.07, 6.45) is 0. The SMILES string of the molecule is COc1cccc(C(=O)NCCS(=O)(=O)c2ccc(OC)c(OC)c2)c1. The van der Waals surface area contributed by atoms with E-state index in [4.69, 9.17) is 14.2 Å². The summed E-state index contributed by atoms with van der Waals surface area (Å²) >= 11 is 0. The third-order valence-corrected chi connectivity index (χ3v) is 5.42. The number of methoxy groups -OCH3 is 3. The topological polar surface area (TPSA) is 90.9 Å². The van der Waals surface area contributed by atoms with Gasteiger partial charge in [0, 0.05) is 18.2 Å². The molecule has 0 aliphatic heterocycles. The number of hydrogen-bond donors (Lipinski definition) is 1. The number of hydrogen-bond acceptors (Lipinski definition) is 6. The molecule has 0 atom stereocenters. The van der Waals surface area contributed by atoms with Gasteiger partial charge in [0.15, 0.2) is 21.3 Å². The molecule has 1 N–H and O–H groups in total. The third kappa shape index (κ3) is 4.66. The van der Waals surface area contributed by atoms with Gasteiger partial charge in [0.2, 0.25) is 0 Å². The molecule has 0 unspecified atom stereocenters. The van der Waals surface area contributed by atoms with Crippen LogP contribution in [-0.4, -0.2) is 48.0 Å². The van der Waals surface area contributed by atoms with Crippen LogP contribution < -0.4 is 19.5 Å². The molecule has 0 heterocycles. The molecular weight excluding hydrogens is 358 g/mol. The maximum absolute atomic E-state index is 12.5. The Morgan fingerprint density at radius 3 is 2.35 bits per heavy atom. The Kier molecular flexibility index (Phi) is 6.46. The van der Waals surface area contributed by atoms with Crippen molar-refractivity contribution in [2.75, 3.05) is 33.6 Å². The fraction of sp³-hybridized carbons (Fsp3) is 0.278. The fourth-order valence-electron chi connectivity index (χ4n) is 2.29. The van der Waals surface area contributed by atoms with Crippen LogP contribution in [0.1, 0.15) is 10.4 Å². The lowest BCUT2D eigenvalue weighted by molar-refractivity contribution is 0.0956. The summed E-state index contributed by atoms with van der Waals surface area (Å²) < 4.78 is 40.2. The molecule has 0 saturated heterocycles. The number of carbonyl (C=O) groups is 1. The Hall–Kier alpha value is -2.74. The lowest BCUT2D eigenvalue weighted by Crippen LogP contribution is -2.29. The van der Waals surface area contributed by atoms with Crippen LogP contribution in [0.2, 0.25) is 0 Å². The predicted octanol–water partition coefficient (Wildman–Crippen LogP) is 1.92. The van der Waals surface area contributed by atoms with Crippen molar-refractivity contribution in [3.8, 4) is 17.2 Å². The monoisotopic (exact) mass is 379 g/mol. The van der Waals surface area contributed by atoms with Gasteiger partial charge >= 0.3 is 0 Å². The van der Waals surface area contributed by atoms with Crippen molar-refractivity contribution in [2.24, 2.45) is 0 Å². The second-order valence-corrected chi connectivity index (χ2v) is 7.43. The molecule has 0 saturated carbocycles. The Labute approximate surface area is 152 Å². The van der Waals surface area contributed by atoms with Gasteiger partial charge in [-0.3, -0.25) is 4.79 Å². The van der Waals surface area contributed by atoms with Gasteiger partial charge in [-0.25, -0.2) is 8.42 Å². The molecule has 8 heteroatoms. The molecule has 0 bridgehead atoms. The molecule has 2 aromatic rings. The minimum Gasteiger partial charge on any atom is -0.497 e. The second-order valence-electron chi connectivity index (χ2n) is 5.32. The standard InChI is InChI=1S/C18H21NO6S/c1-23-14-6-4-5-13(11-14)18(20)19-9-10-26(21,22)15-7-8-16(24-2)17(12-15)25-3/h4-8,11-12H,9-10H2,1-3H3,(H,19,20). The number of nitrogens with one attached hydrogen (secondary N) is 1. The molecule has 0 aliphatic rings. The van der Waals surface area contributed by atoms with E-state index in [1.807, 2.05) is 0 Å². The van der Waals surface area contributed by atoms with Crippen LogP contribution in [0.3, 0.4) is 0 Å². The van der Waals surface area contributed by atoms with Crippen LogP contribution in [0, 0.1) is 0 Å². The minimum absolute atomic E-state index is 0.0211. The molecule has 0 aromatic heterocycles. The molecule has 0 fully saturated rings. The van der Waals surface area contributed by atoms with Crippen molar-refractivity contribution >= 4 is 15.7 Å². The maximum Gasteiger partial charge on any atom is 0.251 e. The average Bonchev–Trinajstić information content (AvgIpc) is 2.67. The number of rotatable bonds is 8. The molecule has 2 rings (SSSR count). The van der Waals surface area contributed by atoms with Gasteiger partial charge in [-0.15, -0.1) is 0 Å². The number of carbonyl (C=O) groups excluding carboxylic acids is 1. The molecular formula is C18H21NO6S. The van der Waals surface area contributed by atoms with Gasteiger partial charge in [0.05, 0.1) is 32.0 Å². The summed E-state index contributed by atoms with van der Waals surface area (Å²) in [7, 11) is 0.829. The molecule has 140 valence electrons. The summed E-state index contributed by atoms with van der Waals surface area (Å²) in [5, 5.41) is 2.60. The van der Waals surface area contributed by atoms with Crippen molar-refractivity contribution in [1.82, 2.24) is 5.32 Å². The highest BCUT2D eigenvalue weighted by Gasteiger charge is 2.18. The predicted molar refractivity (Wildman–Crippen MR) is 96.9 cm³/mol. The molecule has 1 amide bonds. The Bertz CT molecular complexity index is 879. The van der Waals surface area contributed by atoms with E-state index < -0.39 is 9.84 Å². The first kappa shape index (κ1) is 19.6. The van der Waals surface area contributed by atoms with Gasteiger partial charge in [-0.2, -0.15) is 0 Å². The van der Waals surface area contributed by atoms with Crippen LogP contribution >= 0.6 is 0 Å². The molecule has 26 heavy (non-hydrogen) atoms. The number of ether oxygens (including phenoxy) is 3. The van der Waals surface area contributed by atoms with Gasteiger partial charge in [0.1, 0.15) is 5.75 Å². The highest BCUT2D eigenvalue weighted by molar-refractivity contribution is 7.91. The van der Waals surface area contributed by atoms with E-state index in [9.17, 15) is 13.2 Å². The van der Waals surface area contributed by atoms with Gasteiger partial charge in [-0.05, 0) is 30.3 Å². The van der Waals surface area contributed by atoms with E-state index >= 15 is 0 Å². The second kappa shape index (κ2) is 8.57. The highest BCUT2D eigenvalue weighted by atomic mass is 32.2. The highest BCUT2D eigenvalue weighted by Crippen LogP contribution is 2.29. The van der Waals surface area contributed by atoms with E-state index in [1.54, 1.807) is 24.3 Å². The van der Waals surface area contributed by atoms with Gasteiger partial charge in [-0.1, -0.05) is 6.07 Å². The van der Waals surface area contributed by atoms with E-state index in [-0.39, 0.29) is 23.1 Å². The Balaban J connectivity index is 2.02. The van der Waals surface area contributed by atoms with Crippen LogP contribution in [0.25, 0.3) is 0 Å². The lowest BCUT2D eigenvalue weighted by atomic mass is 10.2. The zero-order chi connectivity index (χ0) is 19.2. The van der Waals surface area contributed by atoms with Gasteiger partial charge < -0.3 is 19.5 Å². The molecule has 7 nitrogen and oxygen atoms in total. The molecule has 0 aliphatic carbocycles. The van der Waals surface area contributed by atoms with Gasteiger partial charge in [0.25, 0.3) is 5.91 Å². The average molecular weight is 379 g/mol. The van der Waals surface area contributed by atoms with Crippen LogP contribution in [0.5, 0.6) is 17.2 Å². The summed E-state index contributed by atoms with van der Waals surface area (Å²) in [5.74, 6) is 0.715. The quantitative estimate of drug-likeness (QED) is 0.753. The van der Waals surface area contributed by atoms with E-state index in [0.717, 1.165) is 0 Å². The van der Waals surface area contributed by atoms with Crippen molar-refractivity contribution in [3.05, 3.63) is 48.0 Å². The summed E-state index contributed by atoms with van der Waals surface area (Å²) in [4.78, 5) is 12.2. The van der Waals surface area contributed by atoms with Crippen molar-refractivity contribution in [2.45, 2.75) is 4.90 Å². The normalized spacial score (nSPS) is 10.9. The zero-order valence-electron chi connectivity index (χ0n) is 14.8. The smallest absolute Gasteiger partial charge is 0.251 e. The first-order chi connectivity index (χ1) is 12.4. The molecule has 0 radical (unpaired) electrons. The number of amides is 1. The number of sulfone groups is 1. The summed E-state index contributed by atoms with van der Waals surface area (Å²) in [6, 6.07) is 11.0. The van der Waals surface area contributed by atoms with Crippen molar-refractivity contribution in [1.29, 1.82) is 0 Å². The zero-order valence-corrected chi connectivity index (χ0v) is 15.6. The lowest BCUT2D eigenvalue weighted by Gasteiger charge is -2.11. The minimum atomic E-state index is -3.58.